The average Bonchev–Trinajstić information content (AvgIpc) is 3.11. The highest BCUT2D eigenvalue weighted by Crippen LogP contribution is 2.15. The Morgan fingerprint density at radius 3 is 2.73 bits per heavy atom. The maximum Gasteiger partial charge on any atom is 0.273 e. The third-order valence-corrected chi connectivity index (χ3v) is 3.63. The number of carbonyl (C=O) groups excluding carboxylic acids is 1. The summed E-state index contributed by atoms with van der Waals surface area (Å²) in [6.07, 6.45) is 3.54. The largest absolute Gasteiger partial charge is 0.472 e. The summed E-state index contributed by atoms with van der Waals surface area (Å²) in [5.41, 5.74) is 1.74. The van der Waals surface area contributed by atoms with Gasteiger partial charge in [0.05, 0.1) is 5.69 Å². The lowest BCUT2D eigenvalue weighted by atomic mass is 10.1. The maximum atomic E-state index is 11.8. The van der Waals surface area contributed by atoms with Crippen molar-refractivity contribution < 1.29 is 14.4 Å². The molecule has 0 bridgehead atoms. The maximum absolute atomic E-state index is 11.8. The van der Waals surface area contributed by atoms with Crippen LogP contribution in [0.2, 0.25) is 5.02 Å². The predicted octanol–water partition coefficient (Wildman–Crippen LogP) is 2.99. The molecule has 26 heavy (non-hydrogen) atoms. The highest BCUT2D eigenvalue weighted by atomic mass is 35.5. The summed E-state index contributed by atoms with van der Waals surface area (Å²) in [4.78, 5) is 16.8. The Kier molecular flexibility index (Phi) is 7.23. The predicted molar refractivity (Wildman–Crippen MR) is 101 cm³/mol. The van der Waals surface area contributed by atoms with Gasteiger partial charge in [0.15, 0.2) is 5.71 Å². The molecule has 0 aliphatic heterocycles. The first kappa shape index (κ1) is 19.5. The van der Waals surface area contributed by atoms with Crippen molar-refractivity contribution in [1.82, 2.24) is 15.1 Å². The van der Waals surface area contributed by atoms with Gasteiger partial charge in [-0.05, 0) is 49.8 Å². The third kappa shape index (κ3) is 5.35. The molecule has 7 nitrogen and oxygen atoms in total. The van der Waals surface area contributed by atoms with E-state index in [0.29, 0.717) is 23.1 Å². The zero-order valence-corrected chi connectivity index (χ0v) is 15.7. The average molecular weight is 377 g/mol. The molecule has 1 amide bonds. The summed E-state index contributed by atoms with van der Waals surface area (Å²) >= 11 is 5.88. The number of halogens is 1. The fourth-order valence-electron chi connectivity index (χ4n) is 2.01. The lowest BCUT2D eigenvalue weighted by molar-refractivity contribution is -0.114. The van der Waals surface area contributed by atoms with Gasteiger partial charge in [-0.15, -0.1) is 5.10 Å². The van der Waals surface area contributed by atoms with Crippen LogP contribution in [-0.2, 0) is 9.63 Å². The van der Waals surface area contributed by atoms with Crippen LogP contribution < -0.4 is 10.1 Å². The van der Waals surface area contributed by atoms with E-state index in [1.165, 1.54) is 7.05 Å². The van der Waals surface area contributed by atoms with Gasteiger partial charge in [-0.2, -0.15) is 0 Å². The lowest BCUT2D eigenvalue weighted by Gasteiger charge is -2.06. The van der Waals surface area contributed by atoms with Gasteiger partial charge in [0.25, 0.3) is 5.91 Å². The number of amides is 1. The molecule has 0 aliphatic carbocycles. The van der Waals surface area contributed by atoms with Crippen LogP contribution >= 0.6 is 11.6 Å². The van der Waals surface area contributed by atoms with Gasteiger partial charge in [-0.1, -0.05) is 16.8 Å². The number of ether oxygens (including phenoxy) is 1. The van der Waals surface area contributed by atoms with Crippen LogP contribution in [-0.4, -0.2) is 41.7 Å². The Balaban J connectivity index is 2.00. The summed E-state index contributed by atoms with van der Waals surface area (Å²) in [5.74, 6) is 0.145. The normalized spacial score (nSPS) is 12.0. The number of hydrogen-bond acceptors (Lipinski definition) is 5. The van der Waals surface area contributed by atoms with Gasteiger partial charge in [-0.25, -0.2) is 4.68 Å². The van der Waals surface area contributed by atoms with Crippen molar-refractivity contribution in [1.29, 1.82) is 0 Å². The number of oxime groups is 1. The van der Waals surface area contributed by atoms with Crippen LogP contribution in [0.3, 0.4) is 0 Å². The van der Waals surface area contributed by atoms with Crippen molar-refractivity contribution in [3.63, 3.8) is 0 Å². The summed E-state index contributed by atoms with van der Waals surface area (Å²) in [7, 11) is 1.54. The van der Waals surface area contributed by atoms with E-state index in [1.807, 2.05) is 12.1 Å². The van der Waals surface area contributed by atoms with Gasteiger partial charge in [0, 0.05) is 24.3 Å². The number of aromatic nitrogens is 2. The second-order valence-corrected chi connectivity index (χ2v) is 5.65. The molecule has 0 radical (unpaired) electrons. The second-order valence-electron chi connectivity index (χ2n) is 5.21. The quantitative estimate of drug-likeness (QED) is 0.567. The number of nitrogens with zero attached hydrogens (tertiary/aromatic N) is 3. The van der Waals surface area contributed by atoms with Crippen molar-refractivity contribution >= 4 is 23.2 Å². The van der Waals surface area contributed by atoms with E-state index in [0.717, 1.165) is 5.69 Å². The smallest absolute Gasteiger partial charge is 0.273 e. The van der Waals surface area contributed by atoms with E-state index in [2.05, 4.69) is 15.6 Å². The Hall–Kier alpha value is -2.80. The van der Waals surface area contributed by atoms with E-state index in [1.54, 1.807) is 49.0 Å². The molecule has 1 aromatic heterocycles. The molecule has 8 heteroatoms. The highest BCUT2D eigenvalue weighted by Gasteiger charge is 2.12. The first-order valence-corrected chi connectivity index (χ1v) is 8.46. The standard InChI is InChI=1S/C18H21ClN4O3/c1-4-26-22-17(18(24)20-3)13(2)10-12-25-16-9-11-23(21-16)15-7-5-14(19)6-8-15/h5-11H,4,12H2,1-3H3,(H,20,24)/b13-10-,22-17+. The van der Waals surface area contributed by atoms with E-state index >= 15 is 0 Å². The van der Waals surface area contributed by atoms with Crippen LogP contribution in [0.1, 0.15) is 13.8 Å². The summed E-state index contributed by atoms with van der Waals surface area (Å²) in [5, 5.41) is 11.4. The Labute approximate surface area is 157 Å². The van der Waals surface area contributed by atoms with Crippen LogP contribution in [0.5, 0.6) is 5.88 Å². The van der Waals surface area contributed by atoms with E-state index in [9.17, 15) is 4.79 Å². The number of rotatable bonds is 8. The molecular formula is C18H21ClN4O3. The van der Waals surface area contributed by atoms with Crippen LogP contribution in [0, 0.1) is 0 Å². The molecule has 0 saturated heterocycles. The van der Waals surface area contributed by atoms with E-state index in [-0.39, 0.29) is 18.2 Å². The first-order chi connectivity index (χ1) is 12.5. The summed E-state index contributed by atoms with van der Waals surface area (Å²) < 4.78 is 7.30. The lowest BCUT2D eigenvalue weighted by Crippen LogP contribution is -2.28. The zero-order chi connectivity index (χ0) is 18.9. The SMILES string of the molecule is CCO/N=C(C(=O)NC)\C(C)=C/COc1ccn(-c2ccc(Cl)cc2)n1. The second kappa shape index (κ2) is 9.62. The van der Waals surface area contributed by atoms with Gasteiger partial charge in [-0.3, -0.25) is 4.79 Å². The molecule has 138 valence electrons. The van der Waals surface area contributed by atoms with Crippen LogP contribution in [0.4, 0.5) is 0 Å². The van der Waals surface area contributed by atoms with Gasteiger partial charge in [0.2, 0.25) is 5.88 Å². The molecule has 2 aromatic rings. The van der Waals surface area contributed by atoms with Crippen molar-refractivity contribution in [2.75, 3.05) is 20.3 Å². The topological polar surface area (TPSA) is 77.7 Å². The van der Waals surface area contributed by atoms with Crippen LogP contribution in [0.25, 0.3) is 5.69 Å². The molecule has 0 aliphatic rings. The van der Waals surface area contributed by atoms with Crippen LogP contribution in [0.15, 0.2) is 53.3 Å². The van der Waals surface area contributed by atoms with Crippen molar-refractivity contribution in [3.05, 3.63) is 53.2 Å². The Morgan fingerprint density at radius 2 is 2.08 bits per heavy atom. The minimum absolute atomic E-state index is 0.213. The Morgan fingerprint density at radius 1 is 1.35 bits per heavy atom. The van der Waals surface area contributed by atoms with Crippen molar-refractivity contribution in [2.45, 2.75) is 13.8 Å². The molecule has 2 rings (SSSR count). The molecule has 1 aromatic carbocycles. The fourth-order valence-corrected chi connectivity index (χ4v) is 2.14. The molecular weight excluding hydrogens is 356 g/mol. The highest BCUT2D eigenvalue weighted by molar-refractivity contribution is 6.44. The van der Waals surface area contributed by atoms with Gasteiger partial charge >= 0.3 is 0 Å². The molecule has 0 spiro atoms. The third-order valence-electron chi connectivity index (χ3n) is 3.38. The number of hydrogen-bond donors (Lipinski definition) is 1. The molecule has 0 saturated carbocycles. The van der Waals surface area contributed by atoms with Crippen molar-refractivity contribution in [2.24, 2.45) is 5.16 Å². The van der Waals surface area contributed by atoms with E-state index in [4.69, 9.17) is 21.2 Å². The Bertz CT molecular complexity index is 797. The fraction of sp³-hybridized carbons (Fsp3) is 0.278. The first-order valence-electron chi connectivity index (χ1n) is 8.08. The molecule has 0 fully saturated rings. The number of benzene rings is 1. The number of carbonyl (C=O) groups is 1. The van der Waals surface area contributed by atoms with Gasteiger partial charge in [0.1, 0.15) is 13.2 Å². The monoisotopic (exact) mass is 376 g/mol. The van der Waals surface area contributed by atoms with Gasteiger partial charge < -0.3 is 14.9 Å². The number of nitrogens with one attached hydrogen (secondary N) is 1. The minimum Gasteiger partial charge on any atom is -0.472 e. The molecule has 0 atom stereocenters. The molecule has 1 N–H and O–H groups in total. The summed E-state index contributed by atoms with van der Waals surface area (Å²) in [6, 6.07) is 9.07. The molecule has 0 unspecified atom stereocenters. The minimum atomic E-state index is -0.320. The van der Waals surface area contributed by atoms with Crippen molar-refractivity contribution in [3.8, 4) is 11.6 Å². The summed E-state index contributed by atoms with van der Waals surface area (Å²) in [6.45, 7) is 4.19. The van der Waals surface area contributed by atoms with E-state index < -0.39 is 0 Å². The molecule has 1 heterocycles. The zero-order valence-electron chi connectivity index (χ0n) is 14.9.